The van der Waals surface area contributed by atoms with Crippen molar-refractivity contribution in [3.8, 4) is 0 Å². The summed E-state index contributed by atoms with van der Waals surface area (Å²) in [4.78, 5) is 56.5. The van der Waals surface area contributed by atoms with Crippen LogP contribution in [0.3, 0.4) is 0 Å². The number of nitrogens with zero attached hydrogens (tertiary/aromatic N) is 2. The number of fused-ring (bicyclic) bond motifs is 2. The molecule has 0 saturated heterocycles. The molecule has 0 radical (unpaired) electrons. The van der Waals surface area contributed by atoms with Crippen molar-refractivity contribution in [1.82, 2.24) is 9.80 Å². The van der Waals surface area contributed by atoms with Crippen molar-refractivity contribution < 1.29 is 33.3 Å². The number of likely N-dealkylation sites (N-methyl/N-ethyl adjacent to an activating group) is 2. The summed E-state index contributed by atoms with van der Waals surface area (Å²) in [6.45, 7) is 11.2. The minimum Gasteiger partial charge on any atom is -0.461 e. The molecular formula is C44H50N2O8S. The molecule has 4 aromatic carbocycles. The van der Waals surface area contributed by atoms with E-state index >= 15 is 0 Å². The first-order valence-corrected chi connectivity index (χ1v) is 19.8. The summed E-state index contributed by atoms with van der Waals surface area (Å²) in [5, 5.41) is 1.02. The van der Waals surface area contributed by atoms with E-state index in [1.807, 2.05) is 30.3 Å². The molecule has 0 bridgehead atoms. The first kappa shape index (κ1) is 41.4. The summed E-state index contributed by atoms with van der Waals surface area (Å²) in [7, 11) is 0. The Morgan fingerprint density at radius 3 is 1.82 bits per heavy atom. The monoisotopic (exact) mass is 766 g/mol. The number of hydrogen-bond donors (Lipinski definition) is 0. The lowest BCUT2D eigenvalue weighted by Gasteiger charge is -2.20. The van der Waals surface area contributed by atoms with E-state index in [-0.39, 0.29) is 30.0 Å². The second-order valence-electron chi connectivity index (χ2n) is 12.9. The number of carbonyl (C=O) groups is 3. The fourth-order valence-corrected chi connectivity index (χ4v) is 7.32. The Bertz CT molecular complexity index is 2070. The van der Waals surface area contributed by atoms with Gasteiger partial charge in [-0.3, -0.25) is 14.5 Å². The first-order valence-electron chi connectivity index (χ1n) is 19.0. The number of hydrogen-bond acceptors (Lipinski definition) is 11. The molecular weight excluding hydrogens is 717 g/mol. The standard InChI is InChI=1S/C44H50N2O8S/c1-3-45(25-31-53-43(49)35-18-9-8-17-34(35)41(47)33-15-6-5-7-16-33)23-13-27-51-28-14-29-52-30-24-46(4-2)26-32-54-44(50)37-20-12-22-39-40(37)42(48)36-19-10-11-21-38(36)55-39/h5-12,15-22H,3-4,13-14,23-32H2,1-2H3. The highest BCUT2D eigenvalue weighted by Crippen LogP contribution is 2.27. The number of ether oxygens (including phenoxy) is 4. The zero-order valence-corrected chi connectivity index (χ0v) is 32.5. The molecule has 11 heteroatoms. The quantitative estimate of drug-likeness (QED) is 0.0295. The molecule has 55 heavy (non-hydrogen) atoms. The lowest BCUT2D eigenvalue weighted by molar-refractivity contribution is 0.0412. The fourth-order valence-electron chi connectivity index (χ4n) is 6.22. The van der Waals surface area contributed by atoms with Crippen LogP contribution < -0.4 is 5.43 Å². The van der Waals surface area contributed by atoms with Gasteiger partial charge < -0.3 is 23.8 Å². The molecule has 0 aliphatic rings. The van der Waals surface area contributed by atoms with Gasteiger partial charge in [-0.25, -0.2) is 9.59 Å². The molecule has 290 valence electrons. The van der Waals surface area contributed by atoms with E-state index in [1.165, 1.54) is 11.3 Å². The third kappa shape index (κ3) is 11.9. The normalized spacial score (nSPS) is 11.4. The zero-order chi connectivity index (χ0) is 38.8. The number of rotatable bonds is 23. The molecule has 0 fully saturated rings. The van der Waals surface area contributed by atoms with Crippen molar-refractivity contribution in [2.24, 2.45) is 0 Å². The molecule has 0 aliphatic heterocycles. The van der Waals surface area contributed by atoms with Gasteiger partial charge in [-0.15, -0.1) is 11.3 Å². The highest BCUT2D eigenvalue weighted by atomic mass is 32.1. The van der Waals surface area contributed by atoms with Crippen molar-refractivity contribution in [3.05, 3.63) is 130 Å². The lowest BCUT2D eigenvalue weighted by Crippen LogP contribution is -2.31. The number of ketones is 1. The van der Waals surface area contributed by atoms with E-state index in [1.54, 1.807) is 66.7 Å². The second kappa shape index (κ2) is 21.9. The van der Waals surface area contributed by atoms with Crippen LogP contribution in [0.4, 0.5) is 0 Å². The van der Waals surface area contributed by atoms with Crippen molar-refractivity contribution in [3.63, 3.8) is 0 Å². The molecule has 1 aromatic heterocycles. The van der Waals surface area contributed by atoms with E-state index in [0.717, 1.165) is 41.9 Å². The topological polar surface area (TPSA) is 112 Å². The molecule has 1 heterocycles. The van der Waals surface area contributed by atoms with Crippen LogP contribution in [0.25, 0.3) is 20.2 Å². The Kier molecular flexibility index (Phi) is 16.5. The average Bonchev–Trinajstić information content (AvgIpc) is 3.22. The highest BCUT2D eigenvalue weighted by Gasteiger charge is 2.20. The van der Waals surface area contributed by atoms with E-state index in [0.29, 0.717) is 73.5 Å². The molecule has 0 aliphatic carbocycles. The van der Waals surface area contributed by atoms with Gasteiger partial charge in [0.25, 0.3) is 0 Å². The Morgan fingerprint density at radius 1 is 0.545 bits per heavy atom. The van der Waals surface area contributed by atoms with Gasteiger partial charge in [-0.2, -0.15) is 0 Å². The van der Waals surface area contributed by atoms with Gasteiger partial charge in [-0.05, 0) is 56.3 Å². The summed E-state index contributed by atoms with van der Waals surface area (Å²) in [5.41, 5.74) is 1.28. The highest BCUT2D eigenvalue weighted by molar-refractivity contribution is 7.24. The van der Waals surface area contributed by atoms with Crippen LogP contribution >= 0.6 is 11.3 Å². The van der Waals surface area contributed by atoms with Gasteiger partial charge in [0.1, 0.15) is 13.2 Å². The van der Waals surface area contributed by atoms with Crippen molar-refractivity contribution >= 4 is 49.2 Å². The second-order valence-corrected chi connectivity index (χ2v) is 14.0. The average molecular weight is 767 g/mol. The van der Waals surface area contributed by atoms with Crippen molar-refractivity contribution in [1.29, 1.82) is 0 Å². The molecule has 0 spiro atoms. The molecule has 0 unspecified atom stereocenters. The summed E-state index contributed by atoms with van der Waals surface area (Å²) in [6, 6.07) is 28.4. The van der Waals surface area contributed by atoms with Crippen LogP contribution in [-0.2, 0) is 18.9 Å². The maximum absolute atomic E-state index is 13.2. The van der Waals surface area contributed by atoms with Crippen molar-refractivity contribution in [2.45, 2.75) is 26.7 Å². The predicted octanol–water partition coefficient (Wildman–Crippen LogP) is 7.12. The molecule has 0 atom stereocenters. The maximum atomic E-state index is 13.2. The van der Waals surface area contributed by atoms with E-state index in [9.17, 15) is 19.2 Å². The van der Waals surface area contributed by atoms with E-state index in [2.05, 4.69) is 23.6 Å². The molecule has 0 saturated carbocycles. The summed E-state index contributed by atoms with van der Waals surface area (Å²) in [6.07, 6.45) is 1.64. The Morgan fingerprint density at radius 2 is 1.09 bits per heavy atom. The Labute approximate surface area is 326 Å². The van der Waals surface area contributed by atoms with E-state index in [4.69, 9.17) is 18.9 Å². The third-order valence-corrected chi connectivity index (χ3v) is 10.5. The minimum atomic E-state index is -0.503. The van der Waals surface area contributed by atoms with Crippen LogP contribution in [-0.4, -0.2) is 106 Å². The zero-order valence-electron chi connectivity index (χ0n) is 31.7. The fraction of sp³-hybridized carbons (Fsp3) is 0.364. The molecule has 0 amide bonds. The van der Waals surface area contributed by atoms with Crippen LogP contribution in [0.15, 0.2) is 102 Å². The maximum Gasteiger partial charge on any atom is 0.338 e. The first-order chi connectivity index (χ1) is 26.9. The predicted molar refractivity (Wildman–Crippen MR) is 218 cm³/mol. The van der Waals surface area contributed by atoms with Gasteiger partial charge in [0.05, 0.1) is 23.1 Å². The number of esters is 2. The van der Waals surface area contributed by atoms with Gasteiger partial charge in [0, 0.05) is 71.9 Å². The van der Waals surface area contributed by atoms with Crippen LogP contribution in [0.2, 0.25) is 0 Å². The Hall–Kier alpha value is -4.78. The van der Waals surface area contributed by atoms with Crippen LogP contribution in [0.5, 0.6) is 0 Å². The molecule has 5 aromatic rings. The van der Waals surface area contributed by atoms with Crippen LogP contribution in [0.1, 0.15) is 63.3 Å². The van der Waals surface area contributed by atoms with Crippen molar-refractivity contribution in [2.75, 3.05) is 78.9 Å². The number of benzene rings is 4. The third-order valence-electron chi connectivity index (χ3n) is 9.32. The molecule has 0 N–H and O–H groups in total. The SMILES string of the molecule is CCN(CCCOCCCOCCN(CC)CCOC(=O)c1cccc2sc3ccccc3c(=O)c12)CCOC(=O)c1ccccc1C(=O)c1ccccc1. The van der Waals surface area contributed by atoms with Crippen LogP contribution in [0, 0.1) is 0 Å². The lowest BCUT2D eigenvalue weighted by atomic mass is 9.98. The largest absolute Gasteiger partial charge is 0.461 e. The van der Waals surface area contributed by atoms with Gasteiger partial charge >= 0.3 is 11.9 Å². The minimum absolute atomic E-state index is 0.149. The molecule has 10 nitrogen and oxygen atoms in total. The number of carbonyl (C=O) groups excluding carboxylic acids is 3. The molecule has 5 rings (SSSR count). The Balaban J connectivity index is 0.906. The van der Waals surface area contributed by atoms with Gasteiger partial charge in [-0.1, -0.05) is 80.6 Å². The summed E-state index contributed by atoms with van der Waals surface area (Å²) in [5.74, 6) is -1.20. The van der Waals surface area contributed by atoms with Gasteiger partial charge in [0.2, 0.25) is 0 Å². The van der Waals surface area contributed by atoms with Gasteiger partial charge in [0.15, 0.2) is 11.2 Å². The smallest absolute Gasteiger partial charge is 0.338 e. The summed E-state index contributed by atoms with van der Waals surface area (Å²) < 4.78 is 24.5. The summed E-state index contributed by atoms with van der Waals surface area (Å²) >= 11 is 1.49. The van der Waals surface area contributed by atoms with E-state index < -0.39 is 11.9 Å².